The molecule has 1 saturated heterocycles. The van der Waals surface area contributed by atoms with Gasteiger partial charge in [0, 0.05) is 25.3 Å². The van der Waals surface area contributed by atoms with Crippen molar-refractivity contribution in [3.05, 3.63) is 59.6 Å². The van der Waals surface area contributed by atoms with Crippen LogP contribution in [0.1, 0.15) is 24.8 Å². The molecule has 0 spiro atoms. The molecule has 1 fully saturated rings. The molecule has 1 N–H and O–H groups in total. The van der Waals surface area contributed by atoms with Crippen molar-refractivity contribution in [3.8, 4) is 11.5 Å². The van der Waals surface area contributed by atoms with Gasteiger partial charge in [-0.1, -0.05) is 30.3 Å². The first kappa shape index (κ1) is 19.4. The normalized spacial score (nSPS) is 13.9. The summed E-state index contributed by atoms with van der Waals surface area (Å²) in [6, 6.07) is 12.1. The molecule has 0 saturated carbocycles. The molecular formula is C22H27ClN2O2. The van der Waals surface area contributed by atoms with Gasteiger partial charge in [0.15, 0.2) is 11.5 Å². The van der Waals surface area contributed by atoms with Gasteiger partial charge in [0.25, 0.3) is 0 Å². The average molecular weight is 387 g/mol. The van der Waals surface area contributed by atoms with Crippen LogP contribution in [-0.4, -0.2) is 26.8 Å². The molecule has 5 heteroatoms. The van der Waals surface area contributed by atoms with Crippen molar-refractivity contribution in [2.75, 3.05) is 37.0 Å². The quantitative estimate of drug-likeness (QED) is 0.606. The molecule has 2 aromatic carbocycles. The molecule has 0 amide bonds. The minimum absolute atomic E-state index is 0.454. The summed E-state index contributed by atoms with van der Waals surface area (Å²) >= 11 is 6.54. The summed E-state index contributed by atoms with van der Waals surface area (Å²) in [5, 5.41) is 4.23. The van der Waals surface area contributed by atoms with E-state index in [0.29, 0.717) is 13.2 Å². The van der Waals surface area contributed by atoms with Crippen LogP contribution in [0.2, 0.25) is 5.02 Å². The fourth-order valence-electron chi connectivity index (χ4n) is 3.30. The molecule has 1 aliphatic rings. The summed E-state index contributed by atoms with van der Waals surface area (Å²) in [7, 11) is 1.65. The van der Waals surface area contributed by atoms with Gasteiger partial charge in [0.2, 0.25) is 0 Å². The number of anilines is 2. The highest BCUT2D eigenvalue weighted by Crippen LogP contribution is 2.32. The lowest BCUT2D eigenvalue weighted by Crippen LogP contribution is -2.29. The number of hydrogen-bond acceptors (Lipinski definition) is 4. The van der Waals surface area contributed by atoms with Crippen molar-refractivity contribution in [3.63, 3.8) is 0 Å². The number of rotatable bonds is 8. The Bertz CT molecular complexity index is 773. The lowest BCUT2D eigenvalue weighted by molar-refractivity contribution is 0.326. The highest BCUT2D eigenvalue weighted by molar-refractivity contribution is 6.33. The van der Waals surface area contributed by atoms with Crippen molar-refractivity contribution >= 4 is 23.0 Å². The molecule has 0 aromatic heterocycles. The topological polar surface area (TPSA) is 33.7 Å². The minimum atomic E-state index is 0.454. The van der Waals surface area contributed by atoms with Gasteiger partial charge in [-0.3, -0.25) is 0 Å². The number of hydrogen-bond donors (Lipinski definition) is 1. The maximum absolute atomic E-state index is 6.54. The van der Waals surface area contributed by atoms with Crippen molar-refractivity contribution in [2.45, 2.75) is 25.8 Å². The fraction of sp³-hybridized carbons (Fsp3) is 0.364. The molecule has 0 atom stereocenters. The van der Waals surface area contributed by atoms with E-state index in [9.17, 15) is 0 Å². The largest absolute Gasteiger partial charge is 0.493 e. The lowest BCUT2D eigenvalue weighted by atomic mass is 10.1. The molecule has 1 heterocycles. The Morgan fingerprint density at radius 1 is 1.11 bits per heavy atom. The van der Waals surface area contributed by atoms with Crippen molar-refractivity contribution in [1.82, 2.24) is 0 Å². The third-order valence-corrected chi connectivity index (χ3v) is 5.03. The zero-order valence-corrected chi connectivity index (χ0v) is 16.6. The van der Waals surface area contributed by atoms with Gasteiger partial charge in [-0.25, -0.2) is 0 Å². The van der Waals surface area contributed by atoms with Gasteiger partial charge >= 0.3 is 0 Å². The van der Waals surface area contributed by atoms with E-state index in [2.05, 4.69) is 28.9 Å². The Hall–Kier alpha value is -2.33. The summed E-state index contributed by atoms with van der Waals surface area (Å²) < 4.78 is 11.0. The third-order valence-electron chi connectivity index (χ3n) is 4.73. The summed E-state index contributed by atoms with van der Waals surface area (Å²) in [6.07, 6.45) is 5.51. The van der Waals surface area contributed by atoms with Crippen molar-refractivity contribution in [2.24, 2.45) is 0 Å². The number of methoxy groups -OCH3 is 1. The molecule has 1 aliphatic heterocycles. The lowest BCUT2D eigenvalue weighted by Gasteiger charge is -2.29. The fourth-order valence-corrected chi connectivity index (χ4v) is 3.60. The molecule has 3 rings (SSSR count). The highest BCUT2D eigenvalue weighted by atomic mass is 35.5. The zero-order chi connectivity index (χ0) is 19.1. The Labute approximate surface area is 166 Å². The number of benzene rings is 2. The van der Waals surface area contributed by atoms with Crippen LogP contribution in [0.15, 0.2) is 49.1 Å². The first-order chi connectivity index (χ1) is 13.2. The van der Waals surface area contributed by atoms with Gasteiger partial charge in [-0.2, -0.15) is 0 Å². The average Bonchev–Trinajstić information content (AvgIpc) is 2.71. The van der Waals surface area contributed by atoms with Gasteiger partial charge in [-0.15, -0.1) is 0 Å². The van der Waals surface area contributed by atoms with E-state index in [0.717, 1.165) is 46.5 Å². The van der Waals surface area contributed by atoms with Crippen LogP contribution < -0.4 is 19.7 Å². The Morgan fingerprint density at radius 3 is 2.63 bits per heavy atom. The second-order valence-corrected chi connectivity index (χ2v) is 7.06. The SMILES string of the molecule is C=CCOc1ccc(CNc2ccc(N3CCCCC3)c(Cl)c2)cc1OC. The zero-order valence-electron chi connectivity index (χ0n) is 15.8. The van der Waals surface area contributed by atoms with Gasteiger partial charge < -0.3 is 19.7 Å². The number of nitrogens with zero attached hydrogens (tertiary/aromatic N) is 1. The second kappa shape index (κ2) is 9.56. The van der Waals surface area contributed by atoms with E-state index in [1.54, 1.807) is 13.2 Å². The smallest absolute Gasteiger partial charge is 0.161 e. The molecule has 0 unspecified atom stereocenters. The minimum Gasteiger partial charge on any atom is -0.493 e. The van der Waals surface area contributed by atoms with Crippen molar-refractivity contribution in [1.29, 1.82) is 0 Å². The molecule has 0 radical (unpaired) electrons. The number of piperidine rings is 1. The Morgan fingerprint density at radius 2 is 1.93 bits per heavy atom. The van der Waals surface area contributed by atoms with Crippen LogP contribution in [0.4, 0.5) is 11.4 Å². The van der Waals surface area contributed by atoms with E-state index in [1.807, 2.05) is 24.3 Å². The molecule has 144 valence electrons. The second-order valence-electron chi connectivity index (χ2n) is 6.65. The van der Waals surface area contributed by atoms with Crippen molar-refractivity contribution < 1.29 is 9.47 Å². The highest BCUT2D eigenvalue weighted by Gasteiger charge is 2.14. The predicted octanol–water partition coefficient (Wildman–Crippen LogP) is 5.52. The first-order valence-electron chi connectivity index (χ1n) is 9.40. The molecule has 4 nitrogen and oxygen atoms in total. The van der Waals surface area contributed by atoms with Gasteiger partial charge in [0.1, 0.15) is 6.61 Å². The molecular weight excluding hydrogens is 360 g/mol. The molecule has 0 bridgehead atoms. The Kier molecular flexibility index (Phi) is 6.88. The molecule has 0 aliphatic carbocycles. The van der Waals surface area contributed by atoms with E-state index in [4.69, 9.17) is 21.1 Å². The van der Waals surface area contributed by atoms with Crippen LogP contribution in [0.25, 0.3) is 0 Å². The van der Waals surface area contributed by atoms with E-state index >= 15 is 0 Å². The number of ether oxygens (including phenoxy) is 2. The monoisotopic (exact) mass is 386 g/mol. The Balaban J connectivity index is 1.64. The third kappa shape index (κ3) is 5.10. The molecule has 2 aromatic rings. The van der Waals surface area contributed by atoms with E-state index < -0.39 is 0 Å². The number of halogens is 1. The maximum Gasteiger partial charge on any atom is 0.161 e. The number of nitrogens with one attached hydrogen (secondary N) is 1. The van der Waals surface area contributed by atoms with Gasteiger partial charge in [0.05, 0.1) is 17.8 Å². The van der Waals surface area contributed by atoms with Crippen LogP contribution in [-0.2, 0) is 6.54 Å². The van der Waals surface area contributed by atoms with Gasteiger partial charge in [-0.05, 0) is 55.2 Å². The maximum atomic E-state index is 6.54. The summed E-state index contributed by atoms with van der Waals surface area (Å²) in [4.78, 5) is 2.38. The van der Waals surface area contributed by atoms with Crippen LogP contribution in [0.3, 0.4) is 0 Å². The summed E-state index contributed by atoms with van der Waals surface area (Å²) in [5.41, 5.74) is 3.24. The predicted molar refractivity (Wildman–Crippen MR) is 114 cm³/mol. The summed E-state index contributed by atoms with van der Waals surface area (Å²) in [5.74, 6) is 1.43. The van der Waals surface area contributed by atoms with Crippen LogP contribution in [0, 0.1) is 0 Å². The van der Waals surface area contributed by atoms with Crippen LogP contribution >= 0.6 is 11.6 Å². The standard InChI is InChI=1S/C22H27ClN2O2/c1-3-13-27-21-10-7-17(14-22(21)26-2)16-24-18-8-9-20(19(23)15-18)25-11-5-4-6-12-25/h3,7-10,14-15,24H,1,4-6,11-13,16H2,2H3. The van der Waals surface area contributed by atoms with Crippen LogP contribution in [0.5, 0.6) is 11.5 Å². The first-order valence-corrected chi connectivity index (χ1v) is 9.78. The van der Waals surface area contributed by atoms with E-state index in [1.165, 1.54) is 19.3 Å². The summed E-state index contributed by atoms with van der Waals surface area (Å²) in [6.45, 7) is 6.98. The van der Waals surface area contributed by atoms with E-state index in [-0.39, 0.29) is 0 Å². The molecule has 27 heavy (non-hydrogen) atoms.